The van der Waals surface area contributed by atoms with Crippen molar-refractivity contribution in [1.29, 1.82) is 0 Å². The molecule has 1 aliphatic heterocycles. The fourth-order valence-corrected chi connectivity index (χ4v) is 5.79. The highest BCUT2D eigenvalue weighted by molar-refractivity contribution is 5.89. The van der Waals surface area contributed by atoms with Gasteiger partial charge >= 0.3 is 6.03 Å². The number of aryl methyl sites for hydroxylation is 1. The summed E-state index contributed by atoms with van der Waals surface area (Å²) in [6.45, 7) is 8.33. The molecule has 0 radical (unpaired) electrons. The Labute approximate surface area is 186 Å². The molecule has 4 rings (SSSR count). The summed E-state index contributed by atoms with van der Waals surface area (Å²) in [5, 5.41) is 4.78. The molecule has 1 aromatic carbocycles. The van der Waals surface area contributed by atoms with Gasteiger partial charge in [-0.3, -0.25) is 0 Å². The molecule has 2 amide bonds. The van der Waals surface area contributed by atoms with Crippen LogP contribution in [0, 0.1) is 0 Å². The third-order valence-corrected chi connectivity index (χ3v) is 7.40. The maximum atomic E-state index is 12.7. The standard InChI is InChI=1S/C25H39N5O/c1-4-29(5-2)25(31)27-19-15-21-20-10-9-11-22-24(20)18(14-23(21)28(3)17-19)16-30(22)13-8-6-7-12-26/h9-11,16,19,21,23H,4-8,12-15,17,26H2,1-3H3,(H,27,31)/t19-,21+,23+/m0/s1. The first kappa shape index (κ1) is 22.2. The van der Waals surface area contributed by atoms with Gasteiger partial charge in [0.1, 0.15) is 0 Å². The van der Waals surface area contributed by atoms with Gasteiger partial charge in [0.05, 0.1) is 0 Å². The van der Waals surface area contributed by atoms with E-state index in [1.807, 2.05) is 18.7 Å². The van der Waals surface area contributed by atoms with E-state index in [2.05, 4.69) is 46.2 Å². The number of fused-ring (bicyclic) bond motifs is 2. The molecular weight excluding hydrogens is 386 g/mol. The van der Waals surface area contributed by atoms with Crippen LogP contribution in [0.1, 0.15) is 56.6 Å². The monoisotopic (exact) mass is 425 g/mol. The summed E-state index contributed by atoms with van der Waals surface area (Å²) in [6.07, 6.45) is 7.98. The van der Waals surface area contributed by atoms with Gasteiger partial charge in [-0.25, -0.2) is 4.79 Å². The van der Waals surface area contributed by atoms with Crippen molar-refractivity contribution in [1.82, 2.24) is 19.7 Å². The third kappa shape index (κ3) is 4.33. The number of unbranched alkanes of at least 4 members (excludes halogenated alkanes) is 2. The predicted molar refractivity (Wildman–Crippen MR) is 128 cm³/mol. The van der Waals surface area contributed by atoms with E-state index < -0.39 is 0 Å². The van der Waals surface area contributed by atoms with Crippen LogP contribution in [-0.4, -0.2) is 65.7 Å². The van der Waals surface area contributed by atoms with E-state index >= 15 is 0 Å². The van der Waals surface area contributed by atoms with Gasteiger partial charge in [-0.1, -0.05) is 18.6 Å². The molecule has 170 valence electrons. The molecule has 0 saturated carbocycles. The molecule has 31 heavy (non-hydrogen) atoms. The Kier molecular flexibility index (Phi) is 6.87. The zero-order valence-electron chi connectivity index (χ0n) is 19.4. The second-order valence-corrected chi connectivity index (χ2v) is 9.31. The number of nitrogens with one attached hydrogen (secondary N) is 1. The van der Waals surface area contributed by atoms with Crippen LogP contribution in [0.3, 0.4) is 0 Å². The number of amides is 2. The van der Waals surface area contributed by atoms with Crippen molar-refractivity contribution in [2.24, 2.45) is 5.73 Å². The number of piperidine rings is 1. The van der Waals surface area contributed by atoms with Crippen molar-refractivity contribution >= 4 is 16.9 Å². The molecule has 1 saturated heterocycles. The van der Waals surface area contributed by atoms with Gasteiger partial charge in [0.25, 0.3) is 0 Å². The lowest BCUT2D eigenvalue weighted by molar-refractivity contribution is 0.124. The Hall–Kier alpha value is -2.05. The van der Waals surface area contributed by atoms with E-state index in [1.54, 1.807) is 0 Å². The van der Waals surface area contributed by atoms with Gasteiger partial charge in [-0.2, -0.15) is 0 Å². The molecule has 3 atom stereocenters. The molecule has 1 fully saturated rings. The fourth-order valence-electron chi connectivity index (χ4n) is 5.79. The van der Waals surface area contributed by atoms with Crippen molar-refractivity contribution in [2.75, 3.05) is 33.2 Å². The first-order valence-electron chi connectivity index (χ1n) is 12.1. The number of carbonyl (C=O) groups excluding carboxylic acids is 1. The number of hydrogen-bond acceptors (Lipinski definition) is 3. The molecule has 3 N–H and O–H groups in total. The molecule has 2 heterocycles. The number of urea groups is 1. The molecule has 6 heteroatoms. The predicted octanol–water partition coefficient (Wildman–Crippen LogP) is 3.53. The maximum Gasteiger partial charge on any atom is 0.317 e. The zero-order valence-corrected chi connectivity index (χ0v) is 19.4. The SMILES string of the molecule is CCN(CC)C(=O)N[C@H]1C[C@@H]2c3cccc4c3c(cn4CCCCCN)C[C@H]2N(C)C1. The average Bonchev–Trinajstić information content (AvgIpc) is 3.12. The van der Waals surface area contributed by atoms with Gasteiger partial charge in [0, 0.05) is 61.3 Å². The van der Waals surface area contributed by atoms with Crippen LogP contribution in [-0.2, 0) is 13.0 Å². The van der Waals surface area contributed by atoms with Gasteiger partial charge in [0.15, 0.2) is 0 Å². The quantitative estimate of drug-likeness (QED) is 0.636. The highest BCUT2D eigenvalue weighted by Gasteiger charge is 2.40. The molecule has 1 aromatic heterocycles. The minimum Gasteiger partial charge on any atom is -0.347 e. The molecule has 0 bridgehead atoms. The number of likely N-dealkylation sites (N-methyl/N-ethyl adjacent to an activating group) is 1. The lowest BCUT2D eigenvalue weighted by Crippen LogP contribution is -2.56. The summed E-state index contributed by atoms with van der Waals surface area (Å²) in [6, 6.07) is 7.59. The molecule has 2 aromatic rings. The summed E-state index contributed by atoms with van der Waals surface area (Å²) in [5.41, 5.74) is 10.00. The summed E-state index contributed by atoms with van der Waals surface area (Å²) in [4.78, 5) is 17.0. The first-order valence-corrected chi connectivity index (χ1v) is 12.1. The Morgan fingerprint density at radius 1 is 1.23 bits per heavy atom. The zero-order chi connectivity index (χ0) is 22.0. The van der Waals surface area contributed by atoms with Crippen molar-refractivity contribution in [3.8, 4) is 0 Å². The lowest BCUT2D eigenvalue weighted by atomic mass is 9.74. The van der Waals surface area contributed by atoms with Gasteiger partial charge in [-0.05, 0) is 70.3 Å². The minimum atomic E-state index is 0.0696. The highest BCUT2D eigenvalue weighted by Crippen LogP contribution is 2.43. The number of benzene rings is 1. The van der Waals surface area contributed by atoms with E-state index in [0.717, 1.165) is 52.0 Å². The van der Waals surface area contributed by atoms with E-state index in [9.17, 15) is 4.79 Å². The smallest absolute Gasteiger partial charge is 0.317 e. The number of aromatic nitrogens is 1. The second-order valence-electron chi connectivity index (χ2n) is 9.31. The molecule has 2 aliphatic rings. The van der Waals surface area contributed by atoms with E-state index in [-0.39, 0.29) is 12.1 Å². The number of carbonyl (C=O) groups is 1. The maximum absolute atomic E-state index is 12.7. The Morgan fingerprint density at radius 2 is 2.03 bits per heavy atom. The van der Waals surface area contributed by atoms with Gasteiger partial charge in [0.2, 0.25) is 0 Å². The van der Waals surface area contributed by atoms with Crippen molar-refractivity contribution in [2.45, 2.75) is 70.5 Å². The Bertz CT molecular complexity index is 903. The number of likely N-dealkylation sites (tertiary alicyclic amines) is 1. The molecule has 0 unspecified atom stereocenters. The van der Waals surface area contributed by atoms with Crippen molar-refractivity contribution in [3.63, 3.8) is 0 Å². The van der Waals surface area contributed by atoms with Crippen LogP contribution in [0.25, 0.3) is 10.9 Å². The number of hydrogen-bond donors (Lipinski definition) is 2. The Balaban J connectivity index is 1.57. The van der Waals surface area contributed by atoms with Crippen LogP contribution < -0.4 is 11.1 Å². The fraction of sp³-hybridized carbons (Fsp3) is 0.640. The molecular formula is C25H39N5O. The van der Waals surface area contributed by atoms with Crippen LogP contribution in [0.4, 0.5) is 4.79 Å². The number of nitrogens with two attached hydrogens (primary N) is 1. The number of nitrogens with zero attached hydrogens (tertiary/aromatic N) is 3. The van der Waals surface area contributed by atoms with E-state index in [1.165, 1.54) is 34.9 Å². The van der Waals surface area contributed by atoms with Crippen molar-refractivity contribution in [3.05, 3.63) is 35.5 Å². The summed E-state index contributed by atoms with van der Waals surface area (Å²) in [5.74, 6) is 0.463. The van der Waals surface area contributed by atoms with Gasteiger partial charge in [-0.15, -0.1) is 0 Å². The summed E-state index contributed by atoms with van der Waals surface area (Å²) >= 11 is 0. The summed E-state index contributed by atoms with van der Waals surface area (Å²) < 4.78 is 2.46. The van der Waals surface area contributed by atoms with E-state index in [4.69, 9.17) is 5.73 Å². The average molecular weight is 426 g/mol. The number of rotatable bonds is 8. The molecule has 1 aliphatic carbocycles. The highest BCUT2D eigenvalue weighted by atomic mass is 16.2. The van der Waals surface area contributed by atoms with Crippen LogP contribution in [0.15, 0.2) is 24.4 Å². The normalized spacial score (nSPS) is 23.0. The van der Waals surface area contributed by atoms with Crippen molar-refractivity contribution < 1.29 is 4.79 Å². The first-order chi connectivity index (χ1) is 15.1. The Morgan fingerprint density at radius 3 is 2.77 bits per heavy atom. The molecule has 0 spiro atoms. The van der Waals surface area contributed by atoms with Crippen LogP contribution >= 0.6 is 0 Å². The van der Waals surface area contributed by atoms with Crippen LogP contribution in [0.5, 0.6) is 0 Å². The third-order valence-electron chi connectivity index (χ3n) is 7.40. The molecule has 6 nitrogen and oxygen atoms in total. The second kappa shape index (κ2) is 9.61. The largest absolute Gasteiger partial charge is 0.347 e. The minimum absolute atomic E-state index is 0.0696. The van der Waals surface area contributed by atoms with Crippen LogP contribution in [0.2, 0.25) is 0 Å². The lowest BCUT2D eigenvalue weighted by Gasteiger charge is -2.45. The van der Waals surface area contributed by atoms with E-state index in [0.29, 0.717) is 12.0 Å². The summed E-state index contributed by atoms with van der Waals surface area (Å²) in [7, 11) is 2.22. The van der Waals surface area contributed by atoms with Gasteiger partial charge < -0.3 is 25.4 Å². The topological polar surface area (TPSA) is 66.5 Å².